The van der Waals surface area contributed by atoms with Crippen LogP contribution >= 0.6 is 0 Å². The summed E-state index contributed by atoms with van der Waals surface area (Å²) in [5.74, 6) is -1.56. The standard InChI is InChI=1S/C21H19F2N3O3S/c1-3-30(27,28)14-5-7-20(29-21-6-4-13(22)8-18(21)23)15(9-14)17-11-26(2)12-19-16(17)10-24-25-19/h4-12,24-25H,3H2,1-2H3. The maximum absolute atomic E-state index is 14.2. The number of hydrazine groups is 1. The number of halogens is 2. The molecule has 2 aliphatic heterocycles. The van der Waals surface area contributed by atoms with Crippen LogP contribution in [0.2, 0.25) is 0 Å². The van der Waals surface area contributed by atoms with Gasteiger partial charge in [-0.3, -0.25) is 5.43 Å². The van der Waals surface area contributed by atoms with Crippen LogP contribution in [0.3, 0.4) is 0 Å². The van der Waals surface area contributed by atoms with E-state index in [1.54, 1.807) is 13.1 Å². The van der Waals surface area contributed by atoms with Crippen molar-refractivity contribution >= 4 is 15.4 Å². The first-order chi connectivity index (χ1) is 14.3. The van der Waals surface area contributed by atoms with Crippen molar-refractivity contribution in [3.8, 4) is 11.5 Å². The fraction of sp³-hybridized carbons (Fsp3) is 0.143. The van der Waals surface area contributed by atoms with Crippen molar-refractivity contribution in [1.82, 2.24) is 15.8 Å². The number of fused-ring (bicyclic) bond motifs is 1. The summed E-state index contributed by atoms with van der Waals surface area (Å²) in [6.07, 6.45) is 5.42. The summed E-state index contributed by atoms with van der Waals surface area (Å²) in [7, 11) is -1.65. The van der Waals surface area contributed by atoms with Crippen molar-refractivity contribution in [1.29, 1.82) is 0 Å². The predicted molar refractivity (Wildman–Crippen MR) is 109 cm³/mol. The molecule has 2 aromatic rings. The van der Waals surface area contributed by atoms with Gasteiger partial charge in [-0.15, -0.1) is 0 Å². The van der Waals surface area contributed by atoms with Crippen molar-refractivity contribution in [2.45, 2.75) is 11.8 Å². The number of allylic oxidation sites excluding steroid dienone is 1. The van der Waals surface area contributed by atoms with Crippen LogP contribution in [0.4, 0.5) is 8.78 Å². The highest BCUT2D eigenvalue weighted by atomic mass is 32.2. The highest BCUT2D eigenvalue weighted by Crippen LogP contribution is 2.40. The molecule has 0 radical (unpaired) electrons. The molecule has 9 heteroatoms. The molecule has 0 saturated carbocycles. The zero-order valence-corrected chi connectivity index (χ0v) is 17.1. The van der Waals surface area contributed by atoms with Gasteiger partial charge >= 0.3 is 0 Å². The van der Waals surface area contributed by atoms with E-state index < -0.39 is 21.5 Å². The molecule has 2 aromatic carbocycles. The lowest BCUT2D eigenvalue weighted by Gasteiger charge is -2.23. The second kappa shape index (κ2) is 7.49. The molecule has 0 unspecified atom stereocenters. The van der Waals surface area contributed by atoms with E-state index in [-0.39, 0.29) is 22.1 Å². The SMILES string of the molecule is CCS(=O)(=O)c1ccc(Oc2ccc(F)cc2F)c(C2=CN(C)C=C3NNC=C32)c1. The Morgan fingerprint density at radius 2 is 1.80 bits per heavy atom. The van der Waals surface area contributed by atoms with Gasteiger partial charge in [-0.25, -0.2) is 17.2 Å². The molecule has 2 aliphatic rings. The second-order valence-corrected chi connectivity index (χ2v) is 9.09. The molecular formula is C21H19F2N3O3S. The summed E-state index contributed by atoms with van der Waals surface area (Å²) >= 11 is 0. The van der Waals surface area contributed by atoms with Gasteiger partial charge < -0.3 is 15.1 Å². The van der Waals surface area contributed by atoms with Gasteiger partial charge in [0, 0.05) is 48.4 Å². The Balaban J connectivity index is 1.87. The van der Waals surface area contributed by atoms with Gasteiger partial charge in [0.05, 0.1) is 16.3 Å². The number of benzene rings is 2. The Bertz CT molecular complexity index is 1220. The van der Waals surface area contributed by atoms with E-state index in [0.717, 1.165) is 23.4 Å². The molecular weight excluding hydrogens is 412 g/mol. The average Bonchev–Trinajstić information content (AvgIpc) is 3.18. The predicted octanol–water partition coefficient (Wildman–Crippen LogP) is 3.67. The summed E-state index contributed by atoms with van der Waals surface area (Å²) in [6.45, 7) is 1.56. The number of sulfone groups is 1. The third-order valence-corrected chi connectivity index (χ3v) is 6.50. The number of ether oxygens (including phenoxy) is 1. The smallest absolute Gasteiger partial charge is 0.178 e. The van der Waals surface area contributed by atoms with E-state index in [4.69, 9.17) is 4.74 Å². The highest BCUT2D eigenvalue weighted by molar-refractivity contribution is 7.91. The fourth-order valence-corrected chi connectivity index (χ4v) is 4.14. The summed E-state index contributed by atoms with van der Waals surface area (Å²) in [6, 6.07) is 7.42. The third-order valence-electron chi connectivity index (χ3n) is 4.76. The largest absolute Gasteiger partial charge is 0.454 e. The lowest BCUT2D eigenvalue weighted by Crippen LogP contribution is -2.22. The Morgan fingerprint density at radius 1 is 1.03 bits per heavy atom. The van der Waals surface area contributed by atoms with Crippen LogP contribution in [0.15, 0.2) is 71.2 Å². The van der Waals surface area contributed by atoms with Gasteiger partial charge in [-0.1, -0.05) is 6.92 Å². The van der Waals surface area contributed by atoms with Gasteiger partial charge in [0.15, 0.2) is 21.4 Å². The van der Waals surface area contributed by atoms with Gasteiger partial charge in [-0.05, 0) is 30.3 Å². The fourth-order valence-electron chi connectivity index (χ4n) is 3.23. The number of nitrogens with zero attached hydrogens (tertiary/aromatic N) is 1. The molecule has 156 valence electrons. The van der Waals surface area contributed by atoms with Crippen LogP contribution < -0.4 is 15.6 Å². The molecule has 0 bridgehead atoms. The van der Waals surface area contributed by atoms with Crippen molar-refractivity contribution in [2.24, 2.45) is 0 Å². The van der Waals surface area contributed by atoms with E-state index in [1.165, 1.54) is 24.3 Å². The quantitative estimate of drug-likeness (QED) is 0.753. The van der Waals surface area contributed by atoms with Crippen molar-refractivity contribution in [2.75, 3.05) is 12.8 Å². The van der Waals surface area contributed by atoms with E-state index in [0.29, 0.717) is 11.1 Å². The van der Waals surface area contributed by atoms with Crippen molar-refractivity contribution in [3.63, 3.8) is 0 Å². The molecule has 0 saturated heterocycles. The first kappa shape index (κ1) is 20.0. The first-order valence-corrected chi connectivity index (χ1v) is 10.8. The molecule has 2 heterocycles. The van der Waals surface area contributed by atoms with Crippen molar-refractivity contribution < 1.29 is 21.9 Å². The van der Waals surface area contributed by atoms with E-state index in [1.807, 2.05) is 24.3 Å². The molecule has 0 spiro atoms. The monoisotopic (exact) mass is 431 g/mol. The maximum atomic E-state index is 14.2. The molecule has 4 rings (SSSR count). The summed E-state index contributed by atoms with van der Waals surface area (Å²) < 4.78 is 58.1. The van der Waals surface area contributed by atoms with Gasteiger partial charge in [0.1, 0.15) is 11.6 Å². The number of rotatable bonds is 5. The average molecular weight is 431 g/mol. The number of hydrogen-bond donors (Lipinski definition) is 2. The Hall–Kier alpha value is -3.33. The molecule has 0 amide bonds. The topological polar surface area (TPSA) is 70.7 Å². The molecule has 0 atom stereocenters. The van der Waals surface area contributed by atoms with Crippen LogP contribution in [-0.2, 0) is 9.84 Å². The zero-order chi connectivity index (χ0) is 21.5. The van der Waals surface area contributed by atoms with Gasteiger partial charge in [0.2, 0.25) is 0 Å². The van der Waals surface area contributed by atoms with E-state index in [9.17, 15) is 17.2 Å². The van der Waals surface area contributed by atoms with Crippen LogP contribution in [0, 0.1) is 11.6 Å². The molecule has 30 heavy (non-hydrogen) atoms. The van der Waals surface area contributed by atoms with Crippen LogP contribution in [-0.4, -0.2) is 26.1 Å². The molecule has 0 aliphatic carbocycles. The Labute approximate surface area is 173 Å². The first-order valence-electron chi connectivity index (χ1n) is 9.16. The summed E-state index contributed by atoms with van der Waals surface area (Å²) in [5.41, 5.74) is 8.64. The highest BCUT2D eigenvalue weighted by Gasteiger charge is 2.26. The Morgan fingerprint density at radius 3 is 2.53 bits per heavy atom. The molecule has 0 aromatic heterocycles. The van der Waals surface area contributed by atoms with Crippen LogP contribution in [0.5, 0.6) is 11.5 Å². The zero-order valence-electron chi connectivity index (χ0n) is 16.2. The minimum Gasteiger partial charge on any atom is -0.454 e. The Kier molecular flexibility index (Phi) is 4.98. The lowest BCUT2D eigenvalue weighted by molar-refractivity contribution is 0.436. The van der Waals surface area contributed by atoms with E-state index in [2.05, 4.69) is 10.9 Å². The van der Waals surface area contributed by atoms with Crippen LogP contribution in [0.1, 0.15) is 12.5 Å². The van der Waals surface area contributed by atoms with E-state index >= 15 is 0 Å². The molecule has 2 N–H and O–H groups in total. The summed E-state index contributed by atoms with van der Waals surface area (Å²) in [4.78, 5) is 1.94. The lowest BCUT2D eigenvalue weighted by atomic mass is 9.95. The normalized spacial score (nSPS) is 15.5. The maximum Gasteiger partial charge on any atom is 0.178 e. The second-order valence-electron chi connectivity index (χ2n) is 6.82. The molecule has 6 nitrogen and oxygen atoms in total. The molecule has 0 fully saturated rings. The van der Waals surface area contributed by atoms with Crippen LogP contribution in [0.25, 0.3) is 5.57 Å². The number of nitrogens with one attached hydrogen (secondary N) is 2. The summed E-state index contributed by atoms with van der Waals surface area (Å²) in [5, 5.41) is 0. The minimum atomic E-state index is -3.48. The van der Waals surface area contributed by atoms with Crippen molar-refractivity contribution in [3.05, 3.63) is 83.5 Å². The van der Waals surface area contributed by atoms with Gasteiger partial charge in [0.25, 0.3) is 0 Å². The third kappa shape index (κ3) is 3.63. The van der Waals surface area contributed by atoms with Gasteiger partial charge in [-0.2, -0.15) is 0 Å². The number of hydrogen-bond acceptors (Lipinski definition) is 6. The minimum absolute atomic E-state index is 0.0604.